The van der Waals surface area contributed by atoms with Crippen LogP contribution in [-0.4, -0.2) is 24.7 Å². The fourth-order valence-electron chi connectivity index (χ4n) is 3.45. The Balaban J connectivity index is 1.69. The van der Waals surface area contributed by atoms with Crippen molar-refractivity contribution in [1.82, 2.24) is 19.7 Å². The van der Waals surface area contributed by atoms with Crippen LogP contribution < -0.4 is 4.74 Å². The lowest BCUT2D eigenvalue weighted by atomic mass is 9.98. The second-order valence-electron chi connectivity index (χ2n) is 7.23. The number of pyridine rings is 1. The normalized spacial score (nSPS) is 12.0. The molecule has 9 nitrogen and oxygen atoms in total. The number of ether oxygens (including phenoxy) is 1. The van der Waals surface area contributed by atoms with Gasteiger partial charge in [0, 0.05) is 36.4 Å². The molecule has 1 aromatic carbocycles. The number of hydrogen-bond acceptors (Lipinski definition) is 7. The molecule has 11 heteroatoms. The smallest absolute Gasteiger partial charge is 0.406 e. The lowest BCUT2D eigenvalue weighted by Gasteiger charge is -2.18. The van der Waals surface area contributed by atoms with Crippen molar-refractivity contribution in [1.29, 1.82) is 0 Å². The minimum absolute atomic E-state index is 0.0376. The number of nitro groups is 1. The first kappa shape index (κ1) is 22.6. The molecule has 3 heterocycles. The Morgan fingerprint density at radius 3 is 2.85 bits per heavy atom. The van der Waals surface area contributed by atoms with E-state index in [4.69, 9.17) is 9.15 Å². The molecule has 0 bridgehead atoms. The van der Waals surface area contributed by atoms with Crippen molar-refractivity contribution < 1.29 is 18.5 Å². The van der Waals surface area contributed by atoms with Crippen LogP contribution in [0.2, 0.25) is 0 Å². The largest absolute Gasteiger partial charge is 0.478 e. The lowest BCUT2D eigenvalue weighted by molar-refractivity contribution is -0.390. The van der Waals surface area contributed by atoms with Gasteiger partial charge >= 0.3 is 5.82 Å². The van der Waals surface area contributed by atoms with Gasteiger partial charge in [-0.05, 0) is 63.4 Å². The zero-order chi connectivity index (χ0) is 23.5. The van der Waals surface area contributed by atoms with E-state index >= 15 is 0 Å². The maximum Gasteiger partial charge on any atom is 0.406 e. The first-order chi connectivity index (χ1) is 15.9. The van der Waals surface area contributed by atoms with Crippen LogP contribution in [0.1, 0.15) is 36.8 Å². The first-order valence-corrected chi connectivity index (χ1v) is 10.8. The molecule has 1 atom stereocenters. The van der Waals surface area contributed by atoms with Gasteiger partial charge in [-0.3, -0.25) is 4.68 Å². The van der Waals surface area contributed by atoms with Gasteiger partial charge < -0.3 is 19.3 Å². The lowest BCUT2D eigenvalue weighted by Crippen LogP contribution is -2.08. The zero-order valence-electron chi connectivity index (χ0n) is 17.7. The van der Waals surface area contributed by atoms with Gasteiger partial charge in [0.15, 0.2) is 12.6 Å². The Morgan fingerprint density at radius 1 is 1.30 bits per heavy atom. The van der Waals surface area contributed by atoms with Crippen molar-refractivity contribution in [3.05, 3.63) is 86.5 Å². The molecule has 0 aliphatic rings. The van der Waals surface area contributed by atoms with Crippen LogP contribution in [0.15, 0.2) is 58.1 Å². The Bertz CT molecular complexity index is 1310. The summed E-state index contributed by atoms with van der Waals surface area (Å²) in [6.45, 7) is 4.42. The first-order valence-electron chi connectivity index (χ1n) is 10.1. The molecule has 0 N–H and O–H groups in total. The Labute approximate surface area is 196 Å². The van der Waals surface area contributed by atoms with Gasteiger partial charge in [0.25, 0.3) is 0 Å². The second kappa shape index (κ2) is 9.49. The van der Waals surface area contributed by atoms with Gasteiger partial charge in [0.05, 0.1) is 10.7 Å². The number of aromatic nitrogens is 4. The molecule has 0 fully saturated rings. The Hall–Kier alpha value is -3.60. The van der Waals surface area contributed by atoms with Crippen molar-refractivity contribution in [2.75, 3.05) is 0 Å². The molecule has 0 aliphatic heterocycles. The highest BCUT2D eigenvalue weighted by Crippen LogP contribution is 2.36. The highest BCUT2D eigenvalue weighted by Gasteiger charge is 2.24. The fraction of sp³-hybridized carbons (Fsp3) is 0.227. The van der Waals surface area contributed by atoms with Crippen molar-refractivity contribution in [3.63, 3.8) is 0 Å². The third-order valence-electron chi connectivity index (χ3n) is 5.00. The molecule has 170 valence electrons. The number of halogens is 2. The van der Waals surface area contributed by atoms with Crippen LogP contribution in [0.5, 0.6) is 5.75 Å². The van der Waals surface area contributed by atoms with Crippen molar-refractivity contribution in [2.24, 2.45) is 0 Å². The summed E-state index contributed by atoms with van der Waals surface area (Å²) in [6.07, 6.45) is 6.01. The molecule has 0 radical (unpaired) electrons. The van der Waals surface area contributed by atoms with E-state index in [1.54, 1.807) is 19.2 Å². The molecule has 0 spiro atoms. The van der Waals surface area contributed by atoms with E-state index < -0.39 is 22.7 Å². The monoisotopic (exact) mass is 515 g/mol. The predicted molar refractivity (Wildman–Crippen MR) is 120 cm³/mol. The standard InChI is InChI=1S/C22H19BrFN5O4/c1-3-28-11-14(9-27-28)6-19-21(26-12-32-19)17-5-4-16(24)8-18(17)13(2)33-20-7-15(23)10-25-22(20)29(30)31/h4-5,7-13H,3,6H2,1-2H3/t13-/m1/s1. The molecular formula is C22H19BrFN5O4. The molecule has 0 unspecified atom stereocenters. The van der Waals surface area contributed by atoms with Crippen molar-refractivity contribution in [2.45, 2.75) is 32.9 Å². The third-order valence-corrected chi connectivity index (χ3v) is 5.43. The van der Waals surface area contributed by atoms with Crippen LogP contribution in [0.25, 0.3) is 11.3 Å². The van der Waals surface area contributed by atoms with E-state index in [1.165, 1.54) is 30.8 Å². The maximum atomic E-state index is 14.2. The molecule has 0 aliphatic carbocycles. The highest BCUT2D eigenvalue weighted by atomic mass is 79.9. The molecule has 4 aromatic rings. The van der Waals surface area contributed by atoms with Crippen LogP contribution in [0.4, 0.5) is 10.2 Å². The number of nitrogens with zero attached hydrogens (tertiary/aromatic N) is 5. The predicted octanol–water partition coefficient (Wildman–Crippen LogP) is 5.49. The van der Waals surface area contributed by atoms with Gasteiger partial charge in [-0.1, -0.05) is 0 Å². The second-order valence-corrected chi connectivity index (χ2v) is 8.14. The third kappa shape index (κ3) is 4.92. The number of aryl methyl sites for hydroxylation is 1. The molecule has 33 heavy (non-hydrogen) atoms. The summed E-state index contributed by atoms with van der Waals surface area (Å²) in [4.78, 5) is 18.9. The highest BCUT2D eigenvalue weighted by molar-refractivity contribution is 9.10. The quantitative estimate of drug-likeness (QED) is 0.225. The Morgan fingerprint density at radius 2 is 2.12 bits per heavy atom. The minimum Gasteiger partial charge on any atom is -0.478 e. The molecule has 0 amide bonds. The van der Waals surface area contributed by atoms with E-state index in [0.717, 1.165) is 12.1 Å². The van der Waals surface area contributed by atoms with Crippen LogP contribution >= 0.6 is 15.9 Å². The topological polar surface area (TPSA) is 109 Å². The van der Waals surface area contributed by atoms with Gasteiger partial charge in [-0.15, -0.1) is 0 Å². The van der Waals surface area contributed by atoms with Crippen LogP contribution in [-0.2, 0) is 13.0 Å². The SMILES string of the molecule is CCn1cc(Cc2ocnc2-c2ccc(F)cc2[C@@H](C)Oc2cc(Br)cnc2[N+](=O)[O-])cn1. The number of benzene rings is 1. The average molecular weight is 516 g/mol. The summed E-state index contributed by atoms with van der Waals surface area (Å²) in [7, 11) is 0. The maximum absolute atomic E-state index is 14.2. The van der Waals surface area contributed by atoms with E-state index in [2.05, 4.69) is 31.0 Å². The number of hydrogen-bond donors (Lipinski definition) is 0. The summed E-state index contributed by atoms with van der Waals surface area (Å²) in [5.41, 5.74) is 2.54. The average Bonchev–Trinajstić information content (AvgIpc) is 3.43. The molecule has 0 saturated carbocycles. The van der Waals surface area contributed by atoms with E-state index in [1.807, 2.05) is 17.8 Å². The van der Waals surface area contributed by atoms with Crippen molar-refractivity contribution >= 4 is 21.7 Å². The van der Waals surface area contributed by atoms with Gasteiger partial charge in [-0.2, -0.15) is 5.10 Å². The van der Waals surface area contributed by atoms with E-state index in [9.17, 15) is 14.5 Å². The summed E-state index contributed by atoms with van der Waals surface area (Å²) >= 11 is 3.24. The summed E-state index contributed by atoms with van der Waals surface area (Å²) in [6, 6.07) is 5.69. The van der Waals surface area contributed by atoms with Crippen molar-refractivity contribution in [3.8, 4) is 17.0 Å². The van der Waals surface area contributed by atoms with Gasteiger partial charge in [0.2, 0.25) is 5.75 Å². The van der Waals surface area contributed by atoms with E-state index in [-0.39, 0.29) is 5.75 Å². The number of rotatable bonds is 8. The summed E-state index contributed by atoms with van der Waals surface area (Å²) in [5, 5.41) is 15.6. The number of oxazole rings is 1. The van der Waals surface area contributed by atoms with Gasteiger partial charge in [0.1, 0.15) is 23.4 Å². The summed E-state index contributed by atoms with van der Waals surface area (Å²) < 4.78 is 28.0. The molecular weight excluding hydrogens is 497 g/mol. The molecule has 0 saturated heterocycles. The molecule has 3 aromatic heterocycles. The van der Waals surface area contributed by atoms with Gasteiger partial charge in [-0.25, -0.2) is 9.37 Å². The molecule has 4 rings (SSSR count). The zero-order valence-corrected chi connectivity index (χ0v) is 19.3. The van der Waals surface area contributed by atoms with Crippen LogP contribution in [0, 0.1) is 15.9 Å². The fourth-order valence-corrected chi connectivity index (χ4v) is 3.76. The van der Waals surface area contributed by atoms with E-state index in [0.29, 0.717) is 33.5 Å². The van der Waals surface area contributed by atoms with Crippen LogP contribution in [0.3, 0.4) is 0 Å². The Kier molecular flexibility index (Phi) is 6.50. The summed E-state index contributed by atoms with van der Waals surface area (Å²) in [5.74, 6) is -0.358. The minimum atomic E-state index is -0.752.